The second-order valence-electron chi connectivity index (χ2n) is 3.88. The maximum atomic E-state index is 9.07. The van der Waals surface area contributed by atoms with Crippen LogP contribution in [0.2, 0.25) is 0 Å². The van der Waals surface area contributed by atoms with Gasteiger partial charge in [0.1, 0.15) is 0 Å². The summed E-state index contributed by atoms with van der Waals surface area (Å²) in [6, 6.07) is 1.10. The first-order valence-corrected chi connectivity index (χ1v) is 4.85. The summed E-state index contributed by atoms with van der Waals surface area (Å²) >= 11 is 0. The minimum atomic E-state index is 0.339. The van der Waals surface area contributed by atoms with Crippen molar-refractivity contribution in [2.75, 3.05) is 19.8 Å². The van der Waals surface area contributed by atoms with Crippen LogP contribution >= 0.6 is 0 Å². The SMILES string of the molecule is OC[C@@H]1CCC[C@@H]1NC1COC1. The van der Waals surface area contributed by atoms with Gasteiger partial charge in [-0.25, -0.2) is 0 Å². The molecule has 1 saturated heterocycles. The van der Waals surface area contributed by atoms with E-state index in [9.17, 15) is 0 Å². The second-order valence-corrected chi connectivity index (χ2v) is 3.88. The molecule has 0 unspecified atom stereocenters. The molecule has 0 aromatic rings. The molecule has 1 heterocycles. The lowest BCUT2D eigenvalue weighted by molar-refractivity contribution is -0.0133. The van der Waals surface area contributed by atoms with E-state index in [1.807, 2.05) is 0 Å². The highest BCUT2D eigenvalue weighted by molar-refractivity contribution is 4.87. The highest BCUT2D eigenvalue weighted by atomic mass is 16.5. The Labute approximate surface area is 73.1 Å². The van der Waals surface area contributed by atoms with Crippen LogP contribution in [0.25, 0.3) is 0 Å². The van der Waals surface area contributed by atoms with E-state index in [0.29, 0.717) is 24.6 Å². The van der Waals surface area contributed by atoms with Crippen LogP contribution in [0.1, 0.15) is 19.3 Å². The molecule has 1 aliphatic carbocycles. The molecule has 70 valence electrons. The number of hydrogen-bond donors (Lipinski definition) is 2. The van der Waals surface area contributed by atoms with Crippen molar-refractivity contribution in [2.45, 2.75) is 31.3 Å². The third-order valence-electron chi connectivity index (χ3n) is 2.98. The molecule has 3 heteroatoms. The molecule has 0 spiro atoms. The van der Waals surface area contributed by atoms with E-state index in [2.05, 4.69) is 5.32 Å². The molecule has 2 N–H and O–H groups in total. The number of aliphatic hydroxyl groups is 1. The fourth-order valence-corrected chi connectivity index (χ4v) is 2.11. The molecule has 0 aromatic carbocycles. The lowest BCUT2D eigenvalue weighted by Crippen LogP contribution is -2.51. The Balaban J connectivity index is 1.77. The first kappa shape index (κ1) is 8.48. The van der Waals surface area contributed by atoms with Gasteiger partial charge in [-0.1, -0.05) is 6.42 Å². The quantitative estimate of drug-likeness (QED) is 0.634. The van der Waals surface area contributed by atoms with Crippen LogP contribution in [0.4, 0.5) is 0 Å². The Morgan fingerprint density at radius 3 is 2.75 bits per heavy atom. The standard InChI is InChI=1S/C9H17NO2/c11-4-7-2-1-3-9(7)10-8-5-12-6-8/h7-11H,1-6H2/t7-,9-/m0/s1. The van der Waals surface area contributed by atoms with Gasteiger partial charge < -0.3 is 15.2 Å². The number of nitrogens with one attached hydrogen (secondary N) is 1. The Morgan fingerprint density at radius 1 is 1.33 bits per heavy atom. The fraction of sp³-hybridized carbons (Fsp3) is 1.00. The summed E-state index contributed by atoms with van der Waals surface area (Å²) in [4.78, 5) is 0. The number of ether oxygens (including phenoxy) is 1. The minimum Gasteiger partial charge on any atom is -0.396 e. The van der Waals surface area contributed by atoms with Gasteiger partial charge in [0, 0.05) is 12.6 Å². The van der Waals surface area contributed by atoms with Crippen LogP contribution in [0.5, 0.6) is 0 Å². The average molecular weight is 171 g/mol. The fourth-order valence-electron chi connectivity index (χ4n) is 2.11. The van der Waals surface area contributed by atoms with Crippen molar-refractivity contribution in [3.8, 4) is 0 Å². The normalized spacial score (nSPS) is 36.8. The monoisotopic (exact) mass is 171 g/mol. The molecule has 0 bridgehead atoms. The highest BCUT2D eigenvalue weighted by Gasteiger charge is 2.30. The number of aliphatic hydroxyl groups excluding tert-OH is 1. The van der Waals surface area contributed by atoms with Gasteiger partial charge in [-0.05, 0) is 18.8 Å². The Hall–Kier alpha value is -0.120. The van der Waals surface area contributed by atoms with Crippen molar-refractivity contribution >= 4 is 0 Å². The molecule has 2 rings (SSSR count). The van der Waals surface area contributed by atoms with E-state index < -0.39 is 0 Å². The van der Waals surface area contributed by atoms with Gasteiger partial charge in [0.05, 0.1) is 19.3 Å². The van der Waals surface area contributed by atoms with Crippen molar-refractivity contribution in [3.63, 3.8) is 0 Å². The third kappa shape index (κ3) is 1.63. The Kier molecular flexibility index (Phi) is 2.63. The zero-order chi connectivity index (χ0) is 8.39. The topological polar surface area (TPSA) is 41.5 Å². The first-order chi connectivity index (χ1) is 5.90. The smallest absolute Gasteiger partial charge is 0.0643 e. The zero-order valence-corrected chi connectivity index (χ0v) is 7.33. The minimum absolute atomic E-state index is 0.339. The van der Waals surface area contributed by atoms with Crippen molar-refractivity contribution in [1.82, 2.24) is 5.32 Å². The molecule has 1 aliphatic heterocycles. The first-order valence-electron chi connectivity index (χ1n) is 4.85. The van der Waals surface area contributed by atoms with Crippen LogP contribution in [0.15, 0.2) is 0 Å². The van der Waals surface area contributed by atoms with E-state index in [1.165, 1.54) is 19.3 Å². The molecule has 3 nitrogen and oxygen atoms in total. The summed E-state index contributed by atoms with van der Waals surface area (Å²) in [6.07, 6.45) is 3.67. The highest BCUT2D eigenvalue weighted by Crippen LogP contribution is 2.25. The van der Waals surface area contributed by atoms with Crippen molar-refractivity contribution < 1.29 is 9.84 Å². The van der Waals surface area contributed by atoms with Crippen LogP contribution in [0, 0.1) is 5.92 Å². The van der Waals surface area contributed by atoms with Crippen LogP contribution in [-0.4, -0.2) is 37.0 Å². The maximum absolute atomic E-state index is 9.07. The molecular weight excluding hydrogens is 154 g/mol. The van der Waals surface area contributed by atoms with Crippen LogP contribution < -0.4 is 5.32 Å². The summed E-state index contributed by atoms with van der Waals surface area (Å²) in [6.45, 7) is 2.05. The molecular formula is C9H17NO2. The van der Waals surface area contributed by atoms with Gasteiger partial charge in [-0.3, -0.25) is 0 Å². The molecule has 2 aliphatic rings. The van der Waals surface area contributed by atoms with Gasteiger partial charge in [-0.15, -0.1) is 0 Å². The molecule has 1 saturated carbocycles. The molecule has 12 heavy (non-hydrogen) atoms. The third-order valence-corrected chi connectivity index (χ3v) is 2.98. The number of rotatable bonds is 3. The second kappa shape index (κ2) is 3.73. The average Bonchev–Trinajstić information content (AvgIpc) is 2.43. The number of hydrogen-bond acceptors (Lipinski definition) is 3. The van der Waals surface area contributed by atoms with Gasteiger partial charge in [0.2, 0.25) is 0 Å². The molecule has 0 radical (unpaired) electrons. The lowest BCUT2D eigenvalue weighted by Gasteiger charge is -2.32. The maximum Gasteiger partial charge on any atom is 0.0643 e. The molecule has 0 aromatic heterocycles. The van der Waals surface area contributed by atoms with Crippen LogP contribution in [0.3, 0.4) is 0 Å². The summed E-state index contributed by atoms with van der Waals surface area (Å²) in [5, 5.41) is 12.6. The van der Waals surface area contributed by atoms with Crippen molar-refractivity contribution in [1.29, 1.82) is 0 Å². The Bertz CT molecular complexity index is 147. The molecule has 2 fully saturated rings. The lowest BCUT2D eigenvalue weighted by atomic mass is 10.0. The summed E-state index contributed by atoms with van der Waals surface area (Å²) in [5.41, 5.74) is 0. The van der Waals surface area contributed by atoms with Crippen molar-refractivity contribution in [3.05, 3.63) is 0 Å². The van der Waals surface area contributed by atoms with Gasteiger partial charge in [-0.2, -0.15) is 0 Å². The summed E-state index contributed by atoms with van der Waals surface area (Å²) in [5.74, 6) is 0.491. The Morgan fingerprint density at radius 2 is 2.17 bits per heavy atom. The summed E-state index contributed by atoms with van der Waals surface area (Å²) < 4.78 is 5.09. The van der Waals surface area contributed by atoms with Crippen molar-refractivity contribution in [2.24, 2.45) is 5.92 Å². The largest absolute Gasteiger partial charge is 0.396 e. The van der Waals surface area contributed by atoms with E-state index in [1.54, 1.807) is 0 Å². The van der Waals surface area contributed by atoms with Gasteiger partial charge in [0.25, 0.3) is 0 Å². The van der Waals surface area contributed by atoms with E-state index in [-0.39, 0.29) is 0 Å². The van der Waals surface area contributed by atoms with Gasteiger partial charge in [0.15, 0.2) is 0 Å². The van der Waals surface area contributed by atoms with Gasteiger partial charge >= 0.3 is 0 Å². The predicted molar refractivity (Wildman–Crippen MR) is 46.0 cm³/mol. The van der Waals surface area contributed by atoms with E-state index >= 15 is 0 Å². The van der Waals surface area contributed by atoms with E-state index in [4.69, 9.17) is 9.84 Å². The molecule has 2 atom stereocenters. The van der Waals surface area contributed by atoms with E-state index in [0.717, 1.165) is 13.2 Å². The summed E-state index contributed by atoms with van der Waals surface area (Å²) in [7, 11) is 0. The van der Waals surface area contributed by atoms with Crippen LogP contribution in [-0.2, 0) is 4.74 Å². The predicted octanol–water partition coefficient (Wildman–Crippen LogP) is 0.136. The molecule has 0 amide bonds. The zero-order valence-electron chi connectivity index (χ0n) is 7.33.